The predicted octanol–water partition coefficient (Wildman–Crippen LogP) is 3.23. The minimum Gasteiger partial charge on any atom is -0.465 e. The van der Waals surface area contributed by atoms with Crippen LogP contribution in [0.1, 0.15) is 37.7 Å². The van der Waals surface area contributed by atoms with Crippen LogP contribution in [0.2, 0.25) is 0 Å². The molecule has 2 rings (SSSR count). The highest BCUT2D eigenvalue weighted by Crippen LogP contribution is 2.29. The van der Waals surface area contributed by atoms with Gasteiger partial charge >= 0.3 is 5.97 Å². The molecule has 1 aromatic rings. The van der Waals surface area contributed by atoms with Crippen LogP contribution in [0, 0.1) is 5.92 Å². The van der Waals surface area contributed by atoms with E-state index in [1.54, 1.807) is 12.1 Å². The van der Waals surface area contributed by atoms with Gasteiger partial charge in [0.05, 0.1) is 17.6 Å². The van der Waals surface area contributed by atoms with Crippen LogP contribution in [0.4, 0.5) is 0 Å². The summed E-state index contributed by atoms with van der Waals surface area (Å²) in [5, 5.41) is 0. The Kier molecular flexibility index (Phi) is 5.40. The Morgan fingerprint density at radius 1 is 1.14 bits per heavy atom. The molecule has 1 fully saturated rings. The largest absolute Gasteiger partial charge is 0.465 e. The van der Waals surface area contributed by atoms with Crippen LogP contribution in [0.15, 0.2) is 35.2 Å². The molecule has 0 unspecified atom stereocenters. The third-order valence-electron chi connectivity index (χ3n) is 4.05. The number of rotatable bonds is 4. The van der Waals surface area contributed by atoms with Crippen molar-refractivity contribution >= 4 is 21.4 Å². The zero-order chi connectivity index (χ0) is 16.2. The maximum Gasteiger partial charge on any atom is 0.338 e. The molecule has 5 heteroatoms. The summed E-state index contributed by atoms with van der Waals surface area (Å²) >= 11 is 0. The van der Waals surface area contributed by atoms with Crippen molar-refractivity contribution in [3.8, 4) is 0 Å². The molecule has 1 saturated carbocycles. The van der Waals surface area contributed by atoms with Crippen molar-refractivity contribution in [2.75, 3.05) is 13.4 Å². The Balaban J connectivity index is 2.33. The van der Waals surface area contributed by atoms with Gasteiger partial charge in [0.15, 0.2) is 9.84 Å². The van der Waals surface area contributed by atoms with Crippen molar-refractivity contribution in [1.82, 2.24) is 0 Å². The van der Waals surface area contributed by atoms with Crippen LogP contribution in [-0.4, -0.2) is 27.8 Å². The van der Waals surface area contributed by atoms with Crippen LogP contribution >= 0.6 is 0 Å². The lowest BCUT2D eigenvalue weighted by Gasteiger charge is -2.19. The number of carbonyl (C=O) groups excluding carboxylic acids is 1. The number of hydrogen-bond acceptors (Lipinski definition) is 4. The van der Waals surface area contributed by atoms with Gasteiger partial charge < -0.3 is 4.74 Å². The number of allylic oxidation sites excluding steroid dienone is 1. The van der Waals surface area contributed by atoms with E-state index in [-0.39, 0.29) is 10.9 Å². The molecule has 0 heterocycles. The van der Waals surface area contributed by atoms with Gasteiger partial charge in [0.25, 0.3) is 0 Å². The lowest BCUT2D eigenvalue weighted by atomic mass is 9.87. The van der Waals surface area contributed by atoms with Crippen LogP contribution in [0.5, 0.6) is 0 Å². The zero-order valence-corrected chi connectivity index (χ0v) is 13.9. The van der Waals surface area contributed by atoms with E-state index in [9.17, 15) is 13.2 Å². The summed E-state index contributed by atoms with van der Waals surface area (Å²) < 4.78 is 27.9. The molecule has 1 aromatic carbocycles. The van der Waals surface area contributed by atoms with Gasteiger partial charge in [-0.15, -0.1) is 0 Å². The SMILES string of the molecule is COC(=O)C(=CC1CCCCC1)c1ccc(S(C)(=O)=O)cc1. The van der Waals surface area contributed by atoms with Crippen molar-refractivity contribution in [2.24, 2.45) is 5.92 Å². The van der Waals surface area contributed by atoms with Crippen LogP contribution in [-0.2, 0) is 19.4 Å². The van der Waals surface area contributed by atoms with Gasteiger partial charge in [-0.3, -0.25) is 0 Å². The summed E-state index contributed by atoms with van der Waals surface area (Å²) in [6.07, 6.45) is 8.94. The number of sulfone groups is 1. The van der Waals surface area contributed by atoms with Gasteiger partial charge in [-0.05, 0) is 36.5 Å². The number of carbonyl (C=O) groups is 1. The Hall–Kier alpha value is -1.62. The van der Waals surface area contributed by atoms with Crippen LogP contribution in [0.3, 0.4) is 0 Å². The molecule has 22 heavy (non-hydrogen) atoms. The van der Waals surface area contributed by atoms with E-state index in [4.69, 9.17) is 4.74 Å². The smallest absolute Gasteiger partial charge is 0.338 e. The fourth-order valence-corrected chi connectivity index (χ4v) is 3.44. The van der Waals surface area contributed by atoms with E-state index in [2.05, 4.69) is 0 Å². The normalized spacial score (nSPS) is 17.3. The topological polar surface area (TPSA) is 60.4 Å². The van der Waals surface area contributed by atoms with E-state index in [1.165, 1.54) is 44.8 Å². The van der Waals surface area contributed by atoms with E-state index >= 15 is 0 Å². The summed E-state index contributed by atoms with van der Waals surface area (Å²) in [6.45, 7) is 0. The van der Waals surface area contributed by atoms with E-state index < -0.39 is 9.84 Å². The second-order valence-electron chi connectivity index (χ2n) is 5.77. The Morgan fingerprint density at radius 3 is 2.23 bits per heavy atom. The number of ether oxygens (including phenoxy) is 1. The first-order chi connectivity index (χ1) is 10.4. The van der Waals surface area contributed by atoms with Gasteiger partial charge in [-0.25, -0.2) is 13.2 Å². The second kappa shape index (κ2) is 7.09. The highest BCUT2D eigenvalue weighted by atomic mass is 32.2. The molecule has 1 aliphatic rings. The molecule has 0 saturated heterocycles. The molecule has 1 aliphatic carbocycles. The monoisotopic (exact) mass is 322 g/mol. The summed E-state index contributed by atoms with van der Waals surface area (Å²) in [5.74, 6) is 0.00936. The Morgan fingerprint density at radius 2 is 1.73 bits per heavy atom. The lowest BCUT2D eigenvalue weighted by molar-refractivity contribution is -0.133. The lowest BCUT2D eigenvalue weighted by Crippen LogP contribution is -2.09. The molecular weight excluding hydrogens is 300 g/mol. The molecule has 0 spiro atoms. The third-order valence-corrected chi connectivity index (χ3v) is 5.18. The Bertz CT molecular complexity index is 650. The molecule has 0 aliphatic heterocycles. The maximum atomic E-state index is 12.1. The summed E-state index contributed by atoms with van der Waals surface area (Å²) in [5.41, 5.74) is 1.22. The van der Waals surface area contributed by atoms with Gasteiger partial charge in [0.2, 0.25) is 0 Å². The van der Waals surface area contributed by atoms with Crippen LogP contribution < -0.4 is 0 Å². The number of hydrogen-bond donors (Lipinski definition) is 0. The van der Waals surface area contributed by atoms with Gasteiger partial charge in [0.1, 0.15) is 0 Å². The molecule has 4 nitrogen and oxygen atoms in total. The van der Waals surface area contributed by atoms with Gasteiger partial charge in [-0.2, -0.15) is 0 Å². The van der Waals surface area contributed by atoms with Crippen molar-refractivity contribution < 1.29 is 17.9 Å². The summed E-state index contributed by atoms with van der Waals surface area (Å²) in [7, 11) is -1.87. The maximum absolute atomic E-state index is 12.1. The summed E-state index contributed by atoms with van der Waals surface area (Å²) in [6, 6.07) is 6.40. The first-order valence-electron chi connectivity index (χ1n) is 7.52. The Labute approximate surface area is 132 Å². The van der Waals surface area contributed by atoms with E-state index in [0.717, 1.165) is 12.8 Å². The minimum absolute atomic E-state index is 0.248. The number of methoxy groups -OCH3 is 1. The fourth-order valence-electron chi connectivity index (χ4n) is 2.81. The number of esters is 1. The summed E-state index contributed by atoms with van der Waals surface area (Å²) in [4.78, 5) is 12.3. The molecule has 0 N–H and O–H groups in total. The molecule has 0 atom stereocenters. The average Bonchev–Trinajstić information content (AvgIpc) is 2.52. The first-order valence-corrected chi connectivity index (χ1v) is 9.41. The second-order valence-corrected chi connectivity index (χ2v) is 7.78. The molecule has 0 radical (unpaired) electrons. The van der Waals surface area contributed by atoms with Gasteiger partial charge in [-0.1, -0.05) is 37.5 Å². The zero-order valence-electron chi connectivity index (χ0n) is 13.0. The highest BCUT2D eigenvalue weighted by Gasteiger charge is 2.18. The van der Waals surface area contributed by atoms with Gasteiger partial charge in [0, 0.05) is 6.26 Å². The van der Waals surface area contributed by atoms with Crippen molar-refractivity contribution in [1.29, 1.82) is 0 Å². The third kappa shape index (κ3) is 4.19. The first kappa shape index (κ1) is 16.7. The average molecular weight is 322 g/mol. The van der Waals surface area contributed by atoms with E-state index in [0.29, 0.717) is 17.1 Å². The quantitative estimate of drug-likeness (QED) is 0.631. The standard InChI is InChI=1S/C17H22O4S/c1-21-17(18)16(12-13-6-4-3-5-7-13)14-8-10-15(11-9-14)22(2,19)20/h8-13H,3-7H2,1-2H3. The molecule has 0 bridgehead atoms. The molecular formula is C17H22O4S. The molecule has 0 aromatic heterocycles. The predicted molar refractivity (Wildman–Crippen MR) is 86.1 cm³/mol. The van der Waals surface area contributed by atoms with E-state index in [1.807, 2.05) is 6.08 Å². The molecule has 0 amide bonds. The number of benzene rings is 1. The van der Waals surface area contributed by atoms with Crippen molar-refractivity contribution in [3.05, 3.63) is 35.9 Å². The highest BCUT2D eigenvalue weighted by molar-refractivity contribution is 7.90. The minimum atomic E-state index is -3.23. The van der Waals surface area contributed by atoms with Crippen molar-refractivity contribution in [2.45, 2.75) is 37.0 Å². The molecule has 120 valence electrons. The van der Waals surface area contributed by atoms with Crippen LogP contribution in [0.25, 0.3) is 5.57 Å². The fraction of sp³-hybridized carbons (Fsp3) is 0.471. The van der Waals surface area contributed by atoms with Crippen molar-refractivity contribution in [3.63, 3.8) is 0 Å².